The molecule has 4 heterocycles. The Morgan fingerprint density at radius 2 is 0.885 bits per heavy atom. The maximum Gasteiger partial charge on any atom is 0.377 e. The van der Waals surface area contributed by atoms with Gasteiger partial charge >= 0.3 is 35.5 Å². The fourth-order valence-corrected chi connectivity index (χ4v) is 7.43. The van der Waals surface area contributed by atoms with Gasteiger partial charge in [-0.1, -0.05) is 0 Å². The molecular weight excluding hydrogens is 1410 g/mol. The number of benzene rings is 6. The Hall–Kier alpha value is -15.4. The number of halogens is 1. The van der Waals surface area contributed by atoms with Gasteiger partial charge in [0, 0.05) is 60.7 Å². The number of anilines is 1. The van der Waals surface area contributed by atoms with E-state index in [9.17, 15) is 114 Å². The van der Waals surface area contributed by atoms with Crippen LogP contribution in [0.15, 0.2) is 128 Å². The third-order valence-corrected chi connectivity index (χ3v) is 12.1. The molecule has 0 radical (unpaired) electrons. The molecule has 0 unspecified atom stereocenters. The minimum Gasteiger partial charge on any atom is -0.479 e. The summed E-state index contributed by atoms with van der Waals surface area (Å²) in [5, 5.41) is 114. The number of nitrogens with one attached hydrogen (secondary N) is 1. The van der Waals surface area contributed by atoms with E-state index in [2.05, 4.69) is 34.7 Å². The number of rotatable bonds is 21. The van der Waals surface area contributed by atoms with Crippen LogP contribution in [0.3, 0.4) is 0 Å². The highest BCUT2D eigenvalue weighted by Gasteiger charge is 2.23. The Morgan fingerprint density at radius 3 is 1.31 bits per heavy atom. The van der Waals surface area contributed by atoms with E-state index < -0.39 is 98.4 Å². The molecule has 49 heteroatoms. The number of aromatic nitrogens is 8. The fraction of sp³-hybridized carbons (Fsp3) is 0.182. The lowest BCUT2D eigenvalue weighted by Gasteiger charge is -2.06. The number of ether oxygens (including phenoxy) is 4. The number of nitrogens with two attached hydrogens (primary N) is 1. The number of aliphatic carboxylic acids is 1. The molecule has 0 spiro atoms. The van der Waals surface area contributed by atoms with Gasteiger partial charge < -0.3 is 55.2 Å². The van der Waals surface area contributed by atoms with Gasteiger partial charge in [-0.15, -0.1) is 0 Å². The number of non-ortho nitro benzene ring substituents is 6. The van der Waals surface area contributed by atoms with Gasteiger partial charge in [0.05, 0.1) is 108 Å². The molecule has 10 rings (SSSR count). The standard InChI is InChI=1S/C11H11N3O5.C10H9N3O5.C9H9N3O6.C9H7N3O5.C7H5N3O3.C6H3FN2O4.C3H7NO2/c1-2-18-11(15)6-19-13-7-12-9-4-3-8(14(16)17)5-10(9)13;1-2-18-10(14)9-11-7-4-3-6(13(16)17)5-8(7)12(9)15;1-18-9(13)5-10-7-3-2-6(11(14)15)4-8(7)12(16)17;13-9(14)4-17-11-5-10-7-2-1-6(12(15)16)3-8(7)11;11-9-4-8-6-2-1-5(10(12)13)3-7(6)9;7-5-2-1-4(8(10)11)3-6(5)9(12)13;1-6-3(5)2-4/h3-5,7H,2,6H2,1H3;3-5,15H,2H2,1H3;2-4,10H,5H2,1H3;1-3,5H,4H2,(H,13,14);1-4,11H;1-3H;2,4H2,1H3. The van der Waals surface area contributed by atoms with Gasteiger partial charge in [-0.25, -0.2) is 34.3 Å². The second-order valence-corrected chi connectivity index (χ2v) is 18.7. The van der Waals surface area contributed by atoms with Gasteiger partial charge in [-0.05, 0) is 50.2 Å². The molecular formula is C55H51FN18O30. The average Bonchev–Trinajstić information content (AvgIpc) is 1.61. The number of nitro benzene ring substituents is 8. The number of methoxy groups -OCH3 is 2. The van der Waals surface area contributed by atoms with Gasteiger partial charge in [-0.2, -0.15) is 23.3 Å². The van der Waals surface area contributed by atoms with Gasteiger partial charge in [0.15, 0.2) is 0 Å². The van der Waals surface area contributed by atoms with Gasteiger partial charge in [0.25, 0.3) is 45.6 Å². The monoisotopic (exact) mass is 1460 g/mol. The van der Waals surface area contributed by atoms with Crippen molar-refractivity contribution >= 4 is 125 Å². The van der Waals surface area contributed by atoms with Crippen molar-refractivity contribution in [1.29, 1.82) is 0 Å². The van der Waals surface area contributed by atoms with Gasteiger partial charge in [-0.3, -0.25) is 90.5 Å². The third kappa shape index (κ3) is 23.4. The molecule has 48 nitrogen and oxygen atoms in total. The number of carboxylic acid groups (broad SMARTS) is 1. The van der Waals surface area contributed by atoms with E-state index in [1.54, 1.807) is 13.8 Å². The van der Waals surface area contributed by atoms with E-state index in [4.69, 9.17) is 35.2 Å². The Balaban J connectivity index is 0.000000261. The molecule has 6 aromatic carbocycles. The zero-order valence-corrected chi connectivity index (χ0v) is 53.3. The van der Waals surface area contributed by atoms with E-state index in [1.807, 2.05) is 0 Å². The molecule has 6 N–H and O–H groups in total. The van der Waals surface area contributed by atoms with Crippen LogP contribution in [0, 0.1) is 86.7 Å². The Kier molecular flexibility index (Phi) is 30.0. The molecule has 0 amide bonds. The lowest BCUT2D eigenvalue weighted by atomic mass is 10.2. The van der Waals surface area contributed by atoms with E-state index in [0.717, 1.165) is 33.7 Å². The lowest BCUT2D eigenvalue weighted by Crippen LogP contribution is -2.21. The molecule has 0 aliphatic carbocycles. The largest absolute Gasteiger partial charge is 0.479 e. The number of hydrogen-bond donors (Lipinski definition) is 5. The average molecular weight is 1460 g/mol. The number of carbonyl (C=O) groups excluding carboxylic acids is 4. The van der Waals surface area contributed by atoms with Crippen LogP contribution in [0.5, 0.6) is 0 Å². The lowest BCUT2D eigenvalue weighted by molar-refractivity contribution is -0.395. The van der Waals surface area contributed by atoms with Crippen molar-refractivity contribution in [3.63, 3.8) is 0 Å². The van der Waals surface area contributed by atoms with Crippen LogP contribution in [0.2, 0.25) is 0 Å². The number of esters is 4. The number of nitrogens with zero attached hydrogens (tertiary/aromatic N) is 16. The molecule has 0 atom stereocenters. The second-order valence-electron chi connectivity index (χ2n) is 18.7. The molecule has 0 saturated carbocycles. The van der Waals surface area contributed by atoms with Gasteiger partial charge in [0.1, 0.15) is 53.3 Å². The summed E-state index contributed by atoms with van der Waals surface area (Å²) in [5.74, 6) is -4.84. The third-order valence-electron chi connectivity index (χ3n) is 12.1. The predicted molar refractivity (Wildman–Crippen MR) is 344 cm³/mol. The molecule has 0 bridgehead atoms. The molecule has 0 fully saturated rings. The first kappa shape index (κ1) is 81.1. The summed E-state index contributed by atoms with van der Waals surface area (Å²) in [4.78, 5) is 158. The summed E-state index contributed by atoms with van der Waals surface area (Å²) in [7, 11) is 2.48. The van der Waals surface area contributed by atoms with Crippen LogP contribution in [0.1, 0.15) is 24.5 Å². The first-order valence-corrected chi connectivity index (χ1v) is 28.0. The van der Waals surface area contributed by atoms with Crippen LogP contribution < -0.4 is 20.7 Å². The molecule has 10 aromatic rings. The van der Waals surface area contributed by atoms with Crippen molar-refractivity contribution in [2.24, 2.45) is 5.73 Å². The highest BCUT2D eigenvalue weighted by atomic mass is 19.1. The topological polar surface area (TPSA) is 656 Å². The van der Waals surface area contributed by atoms with E-state index in [-0.39, 0.29) is 84.2 Å². The normalized spacial score (nSPS) is 10.0. The van der Waals surface area contributed by atoms with Crippen LogP contribution >= 0.6 is 0 Å². The minimum absolute atomic E-state index is 0.0102. The molecule has 0 saturated heterocycles. The summed E-state index contributed by atoms with van der Waals surface area (Å²) in [5.41, 5.74) is 5.07. The first-order chi connectivity index (χ1) is 49.2. The maximum atomic E-state index is 12.6. The predicted octanol–water partition coefficient (Wildman–Crippen LogP) is 5.78. The van der Waals surface area contributed by atoms with Crippen molar-refractivity contribution in [1.82, 2.24) is 38.9 Å². The highest BCUT2D eigenvalue weighted by Crippen LogP contribution is 2.30. The number of carboxylic acids is 1. The molecule has 4 aromatic heterocycles. The molecule has 0 aliphatic heterocycles. The summed E-state index contributed by atoms with van der Waals surface area (Å²) in [6, 6.07) is 21.3. The summed E-state index contributed by atoms with van der Waals surface area (Å²) in [6.45, 7) is 2.57. The SMILES string of the molecule is CCOC(=O)COn1cnc2ccc([N+](=O)[O-])cc21.CCOC(=O)c1nc2ccc([N+](=O)[O-])cc2n1O.COC(=O)CN.COC(=O)CNc1ccc([N+](=O)[O-])cc1[N+](=O)[O-].O=C(O)COn1cnc2ccc([N+](=O)[O-])cc21.O=[N+]([O-])c1ccc(F)c([N+](=O)[O-])c1.O=[N+]([O-])c1ccc2ncn(O)c2c1. The van der Waals surface area contributed by atoms with Crippen molar-refractivity contribution in [3.05, 3.63) is 221 Å². The quantitative estimate of drug-likeness (QED) is 0.0187. The van der Waals surface area contributed by atoms with E-state index in [0.29, 0.717) is 50.0 Å². The summed E-state index contributed by atoms with van der Waals surface area (Å²) < 4.78 is 34.1. The van der Waals surface area contributed by atoms with Crippen LogP contribution in [-0.2, 0) is 38.1 Å². The number of carbonyl (C=O) groups is 5. The first-order valence-electron chi connectivity index (χ1n) is 28.0. The summed E-state index contributed by atoms with van der Waals surface area (Å²) >= 11 is 0. The van der Waals surface area contributed by atoms with Gasteiger partial charge in [0.2, 0.25) is 19.0 Å². The molecule has 0 aliphatic rings. The number of imidazole rings is 4. The highest BCUT2D eigenvalue weighted by molar-refractivity contribution is 5.91. The molecule has 548 valence electrons. The Morgan fingerprint density at radius 1 is 0.490 bits per heavy atom. The number of hydrogen-bond acceptors (Lipinski definition) is 35. The van der Waals surface area contributed by atoms with Crippen molar-refractivity contribution in [2.75, 3.05) is 59.1 Å². The zero-order valence-electron chi connectivity index (χ0n) is 53.3. The van der Waals surface area contributed by atoms with Crippen LogP contribution in [-0.4, -0.2) is 177 Å². The van der Waals surface area contributed by atoms with Crippen LogP contribution in [0.4, 0.5) is 55.6 Å². The zero-order chi connectivity index (χ0) is 77.7. The van der Waals surface area contributed by atoms with Crippen molar-refractivity contribution < 1.29 is 112 Å². The number of fused-ring (bicyclic) bond motifs is 4. The minimum atomic E-state index is -1.14. The fourth-order valence-electron chi connectivity index (χ4n) is 7.43. The van der Waals surface area contributed by atoms with Crippen molar-refractivity contribution in [2.45, 2.75) is 13.8 Å². The Labute approximate surface area is 573 Å². The summed E-state index contributed by atoms with van der Waals surface area (Å²) in [6.07, 6.45) is 3.79. The van der Waals surface area contributed by atoms with E-state index in [1.165, 1.54) is 111 Å². The maximum absolute atomic E-state index is 12.6. The van der Waals surface area contributed by atoms with Crippen LogP contribution in [0.25, 0.3) is 44.1 Å². The smallest absolute Gasteiger partial charge is 0.377 e. The van der Waals surface area contributed by atoms with Crippen molar-refractivity contribution in [3.8, 4) is 0 Å². The number of nitro groups is 8. The molecule has 104 heavy (non-hydrogen) atoms. The van der Waals surface area contributed by atoms with E-state index >= 15 is 0 Å². The second kappa shape index (κ2) is 38.5. The Bertz CT molecular complexity index is 4860.